The van der Waals surface area contributed by atoms with E-state index in [2.05, 4.69) is 19.2 Å². The molecule has 3 N–H and O–H groups in total. The van der Waals surface area contributed by atoms with Gasteiger partial charge in [-0.2, -0.15) is 0 Å². The summed E-state index contributed by atoms with van der Waals surface area (Å²) in [4.78, 5) is 11.8. The molecule has 0 unspecified atom stereocenters. The molecule has 0 heterocycles. The van der Waals surface area contributed by atoms with Crippen LogP contribution in [0, 0.1) is 5.92 Å². The Morgan fingerprint density at radius 1 is 1.25 bits per heavy atom. The molecule has 1 rings (SSSR count). The van der Waals surface area contributed by atoms with Crippen molar-refractivity contribution in [2.75, 3.05) is 19.7 Å². The number of rotatable bonds is 9. The van der Waals surface area contributed by atoms with Crippen LogP contribution in [0.5, 0.6) is 5.75 Å². The van der Waals surface area contributed by atoms with Crippen LogP contribution >= 0.6 is 0 Å². The number of nitrogens with one attached hydrogen (secondary N) is 1. The maximum Gasteiger partial charge on any atom is 0.251 e. The number of unbranched alkanes of at least 4 members (excludes halogenated alkanes) is 1. The van der Waals surface area contributed by atoms with Gasteiger partial charge in [0.05, 0.1) is 6.61 Å². The lowest BCUT2D eigenvalue weighted by molar-refractivity contribution is 0.0953. The predicted octanol–water partition coefficient (Wildman–Crippen LogP) is 2.58. The molecule has 0 aliphatic rings. The molecule has 1 aromatic carbocycles. The summed E-state index contributed by atoms with van der Waals surface area (Å²) in [6.07, 6.45) is 2.88. The van der Waals surface area contributed by atoms with Gasteiger partial charge in [0, 0.05) is 12.1 Å². The number of hydrogen-bond donors (Lipinski definition) is 2. The fourth-order valence-corrected chi connectivity index (χ4v) is 1.69. The van der Waals surface area contributed by atoms with E-state index in [1.54, 1.807) is 12.1 Å². The molecular formula is C16H26N2O2. The number of carbonyl (C=O) groups excluding carboxylic acids is 1. The summed E-state index contributed by atoms with van der Waals surface area (Å²) in [6.45, 7) is 6.38. The number of amides is 1. The highest BCUT2D eigenvalue weighted by Gasteiger charge is 2.05. The Morgan fingerprint density at radius 2 is 1.95 bits per heavy atom. The third kappa shape index (κ3) is 6.57. The monoisotopic (exact) mass is 278 g/mol. The van der Waals surface area contributed by atoms with E-state index in [0.29, 0.717) is 31.2 Å². The number of nitrogens with two attached hydrogens (primary N) is 1. The number of benzene rings is 1. The van der Waals surface area contributed by atoms with E-state index in [9.17, 15) is 4.79 Å². The topological polar surface area (TPSA) is 64.3 Å². The van der Waals surface area contributed by atoms with Crippen molar-refractivity contribution in [3.8, 4) is 5.75 Å². The zero-order valence-corrected chi connectivity index (χ0v) is 12.5. The van der Waals surface area contributed by atoms with Crippen molar-refractivity contribution in [2.24, 2.45) is 11.7 Å². The highest BCUT2D eigenvalue weighted by atomic mass is 16.5. The average molecular weight is 278 g/mol. The van der Waals surface area contributed by atoms with E-state index >= 15 is 0 Å². The second-order valence-corrected chi connectivity index (χ2v) is 5.31. The Bertz CT molecular complexity index is 388. The molecule has 0 fully saturated rings. The van der Waals surface area contributed by atoms with Crippen molar-refractivity contribution in [3.63, 3.8) is 0 Å². The normalized spacial score (nSPS) is 10.6. The molecular weight excluding hydrogens is 252 g/mol. The maximum absolute atomic E-state index is 11.8. The van der Waals surface area contributed by atoms with Crippen LogP contribution in [0.2, 0.25) is 0 Å². The summed E-state index contributed by atoms with van der Waals surface area (Å²) in [6, 6.07) is 7.27. The molecule has 0 spiro atoms. The fourth-order valence-electron chi connectivity index (χ4n) is 1.69. The smallest absolute Gasteiger partial charge is 0.251 e. The lowest BCUT2D eigenvalue weighted by atomic mass is 10.1. The van der Waals surface area contributed by atoms with E-state index in [4.69, 9.17) is 10.5 Å². The van der Waals surface area contributed by atoms with Gasteiger partial charge in [-0.1, -0.05) is 13.8 Å². The van der Waals surface area contributed by atoms with Crippen LogP contribution in [0.1, 0.15) is 43.5 Å². The zero-order chi connectivity index (χ0) is 14.8. The largest absolute Gasteiger partial charge is 0.494 e. The van der Waals surface area contributed by atoms with Gasteiger partial charge in [0.2, 0.25) is 0 Å². The molecule has 0 aromatic heterocycles. The van der Waals surface area contributed by atoms with E-state index in [-0.39, 0.29) is 5.91 Å². The van der Waals surface area contributed by atoms with Gasteiger partial charge in [0.15, 0.2) is 0 Å². The second-order valence-electron chi connectivity index (χ2n) is 5.31. The van der Waals surface area contributed by atoms with E-state index in [0.717, 1.165) is 25.0 Å². The number of hydrogen-bond acceptors (Lipinski definition) is 3. The summed E-state index contributed by atoms with van der Waals surface area (Å²) < 4.78 is 5.62. The SMILES string of the molecule is CC(C)CCOc1ccc(C(=O)NCCCCN)cc1. The van der Waals surface area contributed by atoms with Crippen LogP contribution in [-0.4, -0.2) is 25.6 Å². The first kappa shape index (κ1) is 16.5. The van der Waals surface area contributed by atoms with Gasteiger partial charge in [0.25, 0.3) is 5.91 Å². The highest BCUT2D eigenvalue weighted by Crippen LogP contribution is 2.13. The lowest BCUT2D eigenvalue weighted by Crippen LogP contribution is -2.24. The van der Waals surface area contributed by atoms with E-state index in [1.165, 1.54) is 0 Å². The summed E-state index contributed by atoms with van der Waals surface area (Å²) >= 11 is 0. The van der Waals surface area contributed by atoms with Gasteiger partial charge in [0.1, 0.15) is 5.75 Å². The highest BCUT2D eigenvalue weighted by molar-refractivity contribution is 5.94. The van der Waals surface area contributed by atoms with Crippen LogP contribution in [-0.2, 0) is 0 Å². The molecule has 0 aliphatic carbocycles. The minimum Gasteiger partial charge on any atom is -0.494 e. The maximum atomic E-state index is 11.8. The molecule has 0 atom stereocenters. The number of carbonyl (C=O) groups is 1. The standard InChI is InChI=1S/C16H26N2O2/c1-13(2)9-12-20-15-7-5-14(6-8-15)16(19)18-11-4-3-10-17/h5-8,13H,3-4,9-12,17H2,1-2H3,(H,18,19). The summed E-state index contributed by atoms with van der Waals surface area (Å²) in [5, 5.41) is 2.88. The van der Waals surface area contributed by atoms with Crippen molar-refractivity contribution in [1.82, 2.24) is 5.32 Å². The van der Waals surface area contributed by atoms with Crippen molar-refractivity contribution in [3.05, 3.63) is 29.8 Å². The summed E-state index contributed by atoms with van der Waals surface area (Å²) in [7, 11) is 0. The van der Waals surface area contributed by atoms with Crippen molar-refractivity contribution in [1.29, 1.82) is 0 Å². The zero-order valence-electron chi connectivity index (χ0n) is 12.5. The third-order valence-corrected chi connectivity index (χ3v) is 3.00. The van der Waals surface area contributed by atoms with Crippen LogP contribution in [0.15, 0.2) is 24.3 Å². The van der Waals surface area contributed by atoms with Gasteiger partial charge in [-0.25, -0.2) is 0 Å². The predicted molar refractivity (Wildman–Crippen MR) is 82.0 cm³/mol. The fraction of sp³-hybridized carbons (Fsp3) is 0.562. The first-order valence-electron chi connectivity index (χ1n) is 7.34. The summed E-state index contributed by atoms with van der Waals surface area (Å²) in [5.41, 5.74) is 6.07. The molecule has 0 radical (unpaired) electrons. The molecule has 0 bridgehead atoms. The Labute approximate surface area is 121 Å². The van der Waals surface area contributed by atoms with Crippen LogP contribution in [0.4, 0.5) is 0 Å². The Morgan fingerprint density at radius 3 is 2.55 bits per heavy atom. The van der Waals surface area contributed by atoms with Gasteiger partial charge in [-0.05, 0) is 56.0 Å². The van der Waals surface area contributed by atoms with Crippen LogP contribution < -0.4 is 15.8 Å². The van der Waals surface area contributed by atoms with Gasteiger partial charge in [-0.15, -0.1) is 0 Å². The van der Waals surface area contributed by atoms with E-state index in [1.807, 2.05) is 12.1 Å². The van der Waals surface area contributed by atoms with Gasteiger partial charge in [-0.3, -0.25) is 4.79 Å². The quantitative estimate of drug-likeness (QED) is 0.682. The average Bonchev–Trinajstić information content (AvgIpc) is 2.44. The first-order valence-corrected chi connectivity index (χ1v) is 7.34. The van der Waals surface area contributed by atoms with Crippen molar-refractivity contribution < 1.29 is 9.53 Å². The Balaban J connectivity index is 2.35. The molecule has 112 valence electrons. The minimum absolute atomic E-state index is 0.0456. The Kier molecular flexibility index (Phi) is 7.73. The molecule has 1 aromatic rings. The Hall–Kier alpha value is -1.55. The van der Waals surface area contributed by atoms with Crippen LogP contribution in [0.25, 0.3) is 0 Å². The molecule has 4 nitrogen and oxygen atoms in total. The van der Waals surface area contributed by atoms with Crippen molar-refractivity contribution in [2.45, 2.75) is 33.1 Å². The minimum atomic E-state index is -0.0456. The molecule has 20 heavy (non-hydrogen) atoms. The third-order valence-electron chi connectivity index (χ3n) is 3.00. The number of ether oxygens (including phenoxy) is 1. The van der Waals surface area contributed by atoms with Gasteiger partial charge < -0.3 is 15.8 Å². The summed E-state index contributed by atoms with van der Waals surface area (Å²) in [5.74, 6) is 1.40. The molecule has 1 amide bonds. The lowest BCUT2D eigenvalue weighted by Gasteiger charge is -2.09. The molecule has 0 saturated heterocycles. The first-order chi connectivity index (χ1) is 9.63. The van der Waals surface area contributed by atoms with Gasteiger partial charge >= 0.3 is 0 Å². The van der Waals surface area contributed by atoms with E-state index < -0.39 is 0 Å². The molecule has 4 heteroatoms. The second kappa shape index (κ2) is 9.37. The molecule has 0 saturated carbocycles. The van der Waals surface area contributed by atoms with Crippen LogP contribution in [0.3, 0.4) is 0 Å². The van der Waals surface area contributed by atoms with Crippen molar-refractivity contribution >= 4 is 5.91 Å². The molecule has 0 aliphatic heterocycles.